The predicted molar refractivity (Wildman–Crippen MR) is 144 cm³/mol. The van der Waals surface area contributed by atoms with E-state index in [1.165, 1.54) is 25.0 Å². The fourth-order valence-corrected chi connectivity index (χ4v) is 6.94. The molecule has 0 radical (unpaired) electrons. The summed E-state index contributed by atoms with van der Waals surface area (Å²) < 4.78 is 23.3. The number of carbonyl (C=O) groups excluding carboxylic acids is 2. The van der Waals surface area contributed by atoms with Crippen LogP contribution >= 0.6 is 0 Å². The molecule has 7 heteroatoms. The van der Waals surface area contributed by atoms with E-state index in [4.69, 9.17) is 18.9 Å². The highest BCUT2D eigenvalue weighted by molar-refractivity contribution is 5.77. The SMILES string of the molecule is COc1ccc2cc1-c1cc(ccc1OC)[C@H]1C[C@@H](OC(C)=O)C[C@@H]3CCC[C@H](C[C@@H](OC(C)=O)CC2)N31. The highest BCUT2D eigenvalue weighted by Gasteiger charge is 2.44. The average molecular weight is 522 g/mol. The van der Waals surface area contributed by atoms with E-state index in [0.29, 0.717) is 6.04 Å². The molecule has 2 aromatic rings. The van der Waals surface area contributed by atoms with Crippen molar-refractivity contribution in [2.75, 3.05) is 14.2 Å². The van der Waals surface area contributed by atoms with Gasteiger partial charge < -0.3 is 18.9 Å². The molecule has 0 unspecified atom stereocenters. The molecule has 2 aromatic carbocycles. The highest BCUT2D eigenvalue weighted by atomic mass is 16.5. The molecule has 3 aliphatic heterocycles. The van der Waals surface area contributed by atoms with E-state index >= 15 is 0 Å². The highest BCUT2D eigenvalue weighted by Crippen LogP contribution is 2.46. The number of piperidine rings is 2. The van der Waals surface area contributed by atoms with Crippen LogP contribution < -0.4 is 9.47 Å². The van der Waals surface area contributed by atoms with E-state index < -0.39 is 0 Å². The minimum atomic E-state index is -0.233. The lowest BCUT2D eigenvalue weighted by molar-refractivity contribution is -0.154. The summed E-state index contributed by atoms with van der Waals surface area (Å²) in [4.78, 5) is 26.7. The third-order valence-electron chi connectivity index (χ3n) is 8.42. The fourth-order valence-electron chi connectivity index (χ4n) is 6.94. The molecule has 5 atom stereocenters. The van der Waals surface area contributed by atoms with Crippen molar-refractivity contribution >= 4 is 11.9 Å². The number of ether oxygens (including phenoxy) is 4. The Labute approximate surface area is 225 Å². The first-order valence-electron chi connectivity index (χ1n) is 13.8. The van der Waals surface area contributed by atoms with Crippen molar-refractivity contribution in [3.8, 4) is 22.6 Å². The van der Waals surface area contributed by atoms with Crippen LogP contribution in [0.5, 0.6) is 11.5 Å². The Hall–Kier alpha value is -3.06. The van der Waals surface area contributed by atoms with Crippen LogP contribution in [0, 0.1) is 0 Å². The summed E-state index contributed by atoms with van der Waals surface area (Å²) in [6, 6.07) is 13.3. The molecule has 0 saturated carbocycles. The van der Waals surface area contributed by atoms with Crippen molar-refractivity contribution in [3.63, 3.8) is 0 Å². The van der Waals surface area contributed by atoms with Gasteiger partial charge in [0.1, 0.15) is 23.7 Å². The van der Waals surface area contributed by atoms with Gasteiger partial charge >= 0.3 is 11.9 Å². The third kappa shape index (κ3) is 5.53. The smallest absolute Gasteiger partial charge is 0.302 e. The lowest BCUT2D eigenvalue weighted by Gasteiger charge is -2.52. The molecule has 0 N–H and O–H groups in total. The van der Waals surface area contributed by atoms with Gasteiger partial charge in [-0.25, -0.2) is 0 Å². The Morgan fingerprint density at radius 2 is 1.37 bits per heavy atom. The van der Waals surface area contributed by atoms with Crippen LogP contribution in [0.4, 0.5) is 0 Å². The number of fused-ring (bicyclic) bond motifs is 6. The van der Waals surface area contributed by atoms with Crippen LogP contribution in [0.25, 0.3) is 11.1 Å². The molecule has 4 bridgehead atoms. The van der Waals surface area contributed by atoms with Gasteiger partial charge in [-0.15, -0.1) is 0 Å². The number of benzene rings is 2. The number of esters is 2. The van der Waals surface area contributed by atoms with Crippen LogP contribution in [-0.4, -0.2) is 55.3 Å². The first kappa shape index (κ1) is 26.5. The first-order valence-corrected chi connectivity index (χ1v) is 13.8. The molecular weight excluding hydrogens is 482 g/mol. The maximum Gasteiger partial charge on any atom is 0.302 e. The molecule has 204 valence electrons. The number of hydrogen-bond donors (Lipinski definition) is 0. The number of rotatable bonds is 4. The van der Waals surface area contributed by atoms with Gasteiger partial charge in [-0.2, -0.15) is 0 Å². The number of aryl methyl sites for hydroxylation is 1. The van der Waals surface area contributed by atoms with Crippen LogP contribution in [0.2, 0.25) is 0 Å². The second kappa shape index (κ2) is 11.4. The number of hydrogen-bond acceptors (Lipinski definition) is 7. The van der Waals surface area contributed by atoms with Gasteiger partial charge in [-0.3, -0.25) is 14.5 Å². The van der Waals surface area contributed by atoms with Gasteiger partial charge in [0.15, 0.2) is 0 Å². The zero-order valence-electron chi connectivity index (χ0n) is 22.9. The quantitative estimate of drug-likeness (QED) is 0.483. The average Bonchev–Trinajstić information content (AvgIpc) is 2.90. The summed E-state index contributed by atoms with van der Waals surface area (Å²) in [5.74, 6) is 1.11. The number of nitrogens with zero attached hydrogens (tertiary/aromatic N) is 1. The van der Waals surface area contributed by atoms with Crippen molar-refractivity contribution in [1.29, 1.82) is 0 Å². The van der Waals surface area contributed by atoms with Crippen LogP contribution in [0.3, 0.4) is 0 Å². The molecule has 3 heterocycles. The summed E-state index contributed by atoms with van der Waals surface area (Å²) in [6.45, 7) is 3.00. The number of carbonyl (C=O) groups is 2. The van der Waals surface area contributed by atoms with Gasteiger partial charge in [-0.1, -0.05) is 18.6 Å². The molecule has 3 aliphatic rings. The van der Waals surface area contributed by atoms with Gasteiger partial charge in [0.2, 0.25) is 0 Å². The van der Waals surface area contributed by atoms with Crippen LogP contribution in [0.15, 0.2) is 36.4 Å². The second-order valence-electron chi connectivity index (χ2n) is 10.9. The van der Waals surface area contributed by atoms with E-state index in [1.54, 1.807) is 14.2 Å². The normalized spacial score (nSPS) is 27.0. The van der Waals surface area contributed by atoms with Crippen molar-refractivity contribution < 1.29 is 28.5 Å². The van der Waals surface area contributed by atoms with Crippen molar-refractivity contribution in [2.45, 2.75) is 95.5 Å². The second-order valence-corrected chi connectivity index (χ2v) is 10.9. The molecule has 0 amide bonds. The lowest BCUT2D eigenvalue weighted by Crippen LogP contribution is -2.55. The van der Waals surface area contributed by atoms with E-state index in [-0.39, 0.29) is 36.2 Å². The van der Waals surface area contributed by atoms with Gasteiger partial charge in [-0.05, 0) is 67.5 Å². The Balaban J connectivity index is 1.66. The summed E-state index contributed by atoms with van der Waals surface area (Å²) in [7, 11) is 3.38. The Kier molecular flexibility index (Phi) is 7.93. The van der Waals surface area contributed by atoms with Crippen molar-refractivity contribution in [3.05, 3.63) is 47.5 Å². The van der Waals surface area contributed by atoms with E-state index in [9.17, 15) is 9.59 Å². The monoisotopic (exact) mass is 521 g/mol. The molecule has 7 nitrogen and oxygen atoms in total. The Bertz CT molecular complexity index is 1180. The van der Waals surface area contributed by atoms with Gasteiger partial charge in [0, 0.05) is 55.9 Å². The van der Waals surface area contributed by atoms with Crippen molar-refractivity contribution in [1.82, 2.24) is 4.90 Å². The Morgan fingerprint density at radius 1 is 0.763 bits per heavy atom. The summed E-state index contributed by atoms with van der Waals surface area (Å²) in [5.41, 5.74) is 4.30. The standard InChI is InChI=1S/C31H39NO6/c1-19(33)37-25-11-8-21-9-12-30(35-3)27(14-21)28-15-22(10-13-31(28)36-4)29-18-26(38-20(2)34)17-24-7-5-6-23(16-25)32(24)29/h9-10,12-15,23-26,29H,5-8,11,16-18H2,1-4H3/t23-,24+,25+,26+,29-/m1/s1. The molecule has 0 aromatic heterocycles. The lowest BCUT2D eigenvalue weighted by atomic mass is 9.80. The fraction of sp³-hybridized carbons (Fsp3) is 0.548. The van der Waals surface area contributed by atoms with E-state index in [0.717, 1.165) is 74.0 Å². The van der Waals surface area contributed by atoms with Gasteiger partial charge in [0.05, 0.1) is 14.2 Å². The Morgan fingerprint density at radius 3 is 2.03 bits per heavy atom. The number of methoxy groups -OCH3 is 2. The largest absolute Gasteiger partial charge is 0.496 e. The molecule has 2 fully saturated rings. The first-order chi connectivity index (χ1) is 18.4. The van der Waals surface area contributed by atoms with Gasteiger partial charge in [0.25, 0.3) is 0 Å². The molecule has 2 saturated heterocycles. The molecule has 5 rings (SSSR count). The van der Waals surface area contributed by atoms with Crippen molar-refractivity contribution in [2.24, 2.45) is 0 Å². The summed E-state index contributed by atoms with van der Waals surface area (Å²) in [6.07, 6.45) is 6.89. The van der Waals surface area contributed by atoms with E-state index in [2.05, 4.69) is 29.2 Å². The van der Waals surface area contributed by atoms with E-state index in [1.807, 2.05) is 12.1 Å². The maximum absolute atomic E-state index is 12.1. The zero-order chi connectivity index (χ0) is 26.8. The predicted octanol–water partition coefficient (Wildman–Crippen LogP) is 5.63. The topological polar surface area (TPSA) is 74.3 Å². The summed E-state index contributed by atoms with van der Waals surface area (Å²) >= 11 is 0. The molecule has 38 heavy (non-hydrogen) atoms. The zero-order valence-corrected chi connectivity index (χ0v) is 22.9. The minimum Gasteiger partial charge on any atom is -0.496 e. The molecule has 0 spiro atoms. The third-order valence-corrected chi connectivity index (χ3v) is 8.42. The molecular formula is C31H39NO6. The minimum absolute atomic E-state index is 0.0703. The maximum atomic E-state index is 12.1. The van der Waals surface area contributed by atoms with Crippen LogP contribution in [-0.2, 0) is 25.5 Å². The van der Waals surface area contributed by atoms with Crippen LogP contribution in [0.1, 0.15) is 76.0 Å². The summed E-state index contributed by atoms with van der Waals surface area (Å²) in [5, 5.41) is 0. The molecule has 0 aliphatic carbocycles.